The third-order valence-corrected chi connectivity index (χ3v) is 4.97. The van der Waals surface area contributed by atoms with Crippen molar-refractivity contribution in [2.75, 3.05) is 29.9 Å². The third kappa shape index (κ3) is 5.08. The Morgan fingerprint density at radius 3 is 2.55 bits per heavy atom. The summed E-state index contributed by atoms with van der Waals surface area (Å²) in [6, 6.07) is 12.6. The first kappa shape index (κ1) is 21.0. The average Bonchev–Trinajstić information content (AvgIpc) is 2.76. The van der Waals surface area contributed by atoms with Crippen molar-refractivity contribution in [1.82, 2.24) is 15.2 Å². The predicted octanol–water partition coefficient (Wildman–Crippen LogP) is 4.43. The molecule has 1 saturated heterocycles. The quantitative estimate of drug-likeness (QED) is 0.629. The van der Waals surface area contributed by atoms with Crippen LogP contribution >= 0.6 is 0 Å². The SMILES string of the molecule is CCOc1ccc(-c2cnnc(Nc3nc(N4C[C@@H](C)O[C@@H](C)C4)ccc3F)c2)cc1. The largest absolute Gasteiger partial charge is 0.494 e. The highest BCUT2D eigenvalue weighted by atomic mass is 19.1. The molecule has 2 atom stereocenters. The second-order valence-electron chi connectivity index (χ2n) is 7.57. The minimum atomic E-state index is -0.452. The summed E-state index contributed by atoms with van der Waals surface area (Å²) in [5.74, 6) is 1.58. The average molecular weight is 423 g/mol. The molecule has 0 amide bonds. The first-order chi connectivity index (χ1) is 15.0. The van der Waals surface area contributed by atoms with E-state index in [0.717, 1.165) is 16.9 Å². The molecule has 0 unspecified atom stereocenters. The lowest BCUT2D eigenvalue weighted by Crippen LogP contribution is -2.45. The smallest absolute Gasteiger partial charge is 0.170 e. The molecule has 4 rings (SSSR count). The first-order valence-corrected chi connectivity index (χ1v) is 10.4. The molecule has 8 heteroatoms. The Morgan fingerprint density at radius 1 is 1.10 bits per heavy atom. The van der Waals surface area contributed by atoms with E-state index in [4.69, 9.17) is 9.47 Å². The molecule has 0 radical (unpaired) electrons. The van der Waals surface area contributed by atoms with E-state index >= 15 is 0 Å². The number of hydrogen-bond donors (Lipinski definition) is 1. The Kier molecular flexibility index (Phi) is 6.27. The zero-order valence-electron chi connectivity index (χ0n) is 17.9. The van der Waals surface area contributed by atoms with Crippen LogP contribution in [-0.2, 0) is 4.74 Å². The van der Waals surface area contributed by atoms with E-state index in [-0.39, 0.29) is 18.0 Å². The van der Waals surface area contributed by atoms with Crippen molar-refractivity contribution >= 4 is 17.5 Å². The van der Waals surface area contributed by atoms with Crippen molar-refractivity contribution in [3.63, 3.8) is 0 Å². The molecule has 2 aromatic heterocycles. The van der Waals surface area contributed by atoms with E-state index in [0.29, 0.717) is 31.3 Å². The van der Waals surface area contributed by atoms with E-state index in [2.05, 4.69) is 25.4 Å². The second-order valence-corrected chi connectivity index (χ2v) is 7.57. The molecule has 0 bridgehead atoms. The summed E-state index contributed by atoms with van der Waals surface area (Å²) in [6.07, 6.45) is 1.84. The van der Waals surface area contributed by atoms with Gasteiger partial charge in [0.2, 0.25) is 0 Å². The number of rotatable bonds is 6. The number of ether oxygens (including phenoxy) is 2. The maximum Gasteiger partial charge on any atom is 0.170 e. The first-order valence-electron chi connectivity index (χ1n) is 10.4. The van der Waals surface area contributed by atoms with Gasteiger partial charge in [-0.3, -0.25) is 0 Å². The fraction of sp³-hybridized carbons (Fsp3) is 0.348. The molecule has 3 heterocycles. The molecule has 0 saturated carbocycles. The van der Waals surface area contributed by atoms with Gasteiger partial charge in [0.05, 0.1) is 25.0 Å². The number of pyridine rings is 1. The van der Waals surface area contributed by atoms with Crippen LogP contribution in [0.4, 0.5) is 21.8 Å². The van der Waals surface area contributed by atoms with Gasteiger partial charge in [-0.25, -0.2) is 9.37 Å². The summed E-state index contributed by atoms with van der Waals surface area (Å²) < 4.78 is 25.7. The van der Waals surface area contributed by atoms with Crippen LogP contribution in [0.5, 0.6) is 5.75 Å². The minimum absolute atomic E-state index is 0.0867. The maximum absolute atomic E-state index is 14.5. The Balaban J connectivity index is 1.54. The number of morpholine rings is 1. The van der Waals surface area contributed by atoms with Crippen LogP contribution in [0.15, 0.2) is 48.7 Å². The van der Waals surface area contributed by atoms with Gasteiger partial charge >= 0.3 is 0 Å². The fourth-order valence-electron chi connectivity index (χ4n) is 3.68. The standard InChI is InChI=1S/C23H26FN5O2/c1-4-30-19-7-5-17(6-8-19)18-11-21(28-25-12-18)26-23-20(24)9-10-22(27-23)29-13-15(2)31-16(3)14-29/h5-12,15-16H,4,13-14H2,1-3H3,(H,26,27,28)/t15-,16+. The molecule has 0 spiro atoms. The molecule has 1 aliphatic rings. The zero-order valence-corrected chi connectivity index (χ0v) is 17.9. The predicted molar refractivity (Wildman–Crippen MR) is 118 cm³/mol. The maximum atomic E-state index is 14.5. The molecular weight excluding hydrogens is 397 g/mol. The minimum Gasteiger partial charge on any atom is -0.494 e. The summed E-state index contributed by atoms with van der Waals surface area (Å²) in [4.78, 5) is 6.60. The van der Waals surface area contributed by atoms with E-state index < -0.39 is 5.82 Å². The summed E-state index contributed by atoms with van der Waals surface area (Å²) in [6.45, 7) is 8.01. The summed E-state index contributed by atoms with van der Waals surface area (Å²) in [5.41, 5.74) is 1.81. The zero-order chi connectivity index (χ0) is 21.8. The highest BCUT2D eigenvalue weighted by molar-refractivity contribution is 5.67. The number of aromatic nitrogens is 3. The number of anilines is 3. The van der Waals surface area contributed by atoms with Crippen molar-refractivity contribution in [3.8, 4) is 16.9 Å². The van der Waals surface area contributed by atoms with Crippen LogP contribution in [0, 0.1) is 5.82 Å². The van der Waals surface area contributed by atoms with Gasteiger partial charge in [0.15, 0.2) is 17.5 Å². The van der Waals surface area contributed by atoms with E-state index in [1.165, 1.54) is 6.07 Å². The van der Waals surface area contributed by atoms with Crippen molar-refractivity contribution in [3.05, 3.63) is 54.5 Å². The van der Waals surface area contributed by atoms with Gasteiger partial charge < -0.3 is 19.7 Å². The van der Waals surface area contributed by atoms with Gasteiger partial charge in [-0.15, -0.1) is 5.10 Å². The van der Waals surface area contributed by atoms with Crippen molar-refractivity contribution in [2.45, 2.75) is 33.0 Å². The Labute approximate surface area is 181 Å². The van der Waals surface area contributed by atoms with Gasteiger partial charge in [-0.1, -0.05) is 12.1 Å². The van der Waals surface area contributed by atoms with Crippen LogP contribution in [0.25, 0.3) is 11.1 Å². The monoisotopic (exact) mass is 423 g/mol. The second kappa shape index (κ2) is 9.26. The Morgan fingerprint density at radius 2 is 1.84 bits per heavy atom. The molecular formula is C23H26FN5O2. The van der Waals surface area contributed by atoms with E-state index in [1.807, 2.05) is 51.1 Å². The van der Waals surface area contributed by atoms with Crippen LogP contribution in [0.2, 0.25) is 0 Å². The summed E-state index contributed by atoms with van der Waals surface area (Å²) >= 11 is 0. The molecule has 162 valence electrons. The number of halogens is 1. The molecule has 1 fully saturated rings. The highest BCUT2D eigenvalue weighted by Crippen LogP contribution is 2.26. The molecule has 1 aromatic carbocycles. The third-order valence-electron chi connectivity index (χ3n) is 4.97. The van der Waals surface area contributed by atoms with E-state index in [9.17, 15) is 4.39 Å². The highest BCUT2D eigenvalue weighted by Gasteiger charge is 2.24. The normalized spacial score (nSPS) is 18.6. The van der Waals surface area contributed by atoms with Crippen LogP contribution in [-0.4, -0.2) is 47.1 Å². The number of nitrogens with one attached hydrogen (secondary N) is 1. The van der Waals surface area contributed by atoms with Crippen molar-refractivity contribution in [2.24, 2.45) is 0 Å². The number of benzene rings is 1. The number of hydrogen-bond acceptors (Lipinski definition) is 7. The van der Waals surface area contributed by atoms with Gasteiger partial charge in [0, 0.05) is 18.7 Å². The number of nitrogens with zero attached hydrogens (tertiary/aromatic N) is 4. The molecule has 31 heavy (non-hydrogen) atoms. The molecule has 1 aliphatic heterocycles. The van der Waals surface area contributed by atoms with Gasteiger partial charge in [0.25, 0.3) is 0 Å². The fourth-order valence-corrected chi connectivity index (χ4v) is 3.68. The van der Waals surface area contributed by atoms with Crippen LogP contribution in [0.3, 0.4) is 0 Å². The van der Waals surface area contributed by atoms with Crippen molar-refractivity contribution in [1.29, 1.82) is 0 Å². The topological polar surface area (TPSA) is 72.4 Å². The van der Waals surface area contributed by atoms with E-state index in [1.54, 1.807) is 12.3 Å². The van der Waals surface area contributed by atoms with Crippen molar-refractivity contribution < 1.29 is 13.9 Å². The van der Waals surface area contributed by atoms with Crippen LogP contribution in [0.1, 0.15) is 20.8 Å². The molecule has 7 nitrogen and oxygen atoms in total. The lowest BCUT2D eigenvalue weighted by Gasteiger charge is -2.36. The lowest BCUT2D eigenvalue weighted by molar-refractivity contribution is -0.00545. The Bertz CT molecular complexity index is 1020. The molecule has 1 N–H and O–H groups in total. The van der Waals surface area contributed by atoms with Gasteiger partial charge in [-0.05, 0) is 56.7 Å². The Hall–Kier alpha value is -3.26. The summed E-state index contributed by atoms with van der Waals surface area (Å²) in [5, 5.41) is 11.1. The molecule has 0 aliphatic carbocycles. The lowest BCUT2D eigenvalue weighted by atomic mass is 10.1. The summed E-state index contributed by atoms with van der Waals surface area (Å²) in [7, 11) is 0. The van der Waals surface area contributed by atoms with Gasteiger partial charge in [-0.2, -0.15) is 5.10 Å². The van der Waals surface area contributed by atoms with Gasteiger partial charge in [0.1, 0.15) is 11.6 Å². The van der Waals surface area contributed by atoms with Crippen LogP contribution < -0.4 is 15.0 Å². The molecule has 3 aromatic rings.